The maximum Gasteiger partial charge on any atom is 0.454 e. The number of ketones is 1. The molecule has 196 valence electrons. The van der Waals surface area contributed by atoms with Gasteiger partial charge in [-0.1, -0.05) is 74.5 Å². The van der Waals surface area contributed by atoms with Crippen molar-refractivity contribution in [1.29, 1.82) is 0 Å². The molecule has 4 aliphatic rings. The molecule has 1 heterocycles. The van der Waals surface area contributed by atoms with E-state index in [-0.39, 0.29) is 23.2 Å². The van der Waals surface area contributed by atoms with Crippen molar-refractivity contribution in [3.8, 4) is 0 Å². The molecular weight excluding hydrogens is 491 g/mol. The normalized spacial score (nSPS) is 30.2. The van der Waals surface area contributed by atoms with Crippen molar-refractivity contribution >= 4 is 24.7 Å². The van der Waals surface area contributed by atoms with Crippen LogP contribution in [0, 0.1) is 5.41 Å². The minimum absolute atomic E-state index is 0.106. The number of Topliss-reactive ketones (excluding diaryl/α,β-unsaturated/α-hetero) is 1. The van der Waals surface area contributed by atoms with Gasteiger partial charge in [-0.3, -0.25) is 4.79 Å². The Morgan fingerprint density at radius 1 is 1.00 bits per heavy atom. The Kier molecular flexibility index (Phi) is 6.80. The van der Waals surface area contributed by atoms with E-state index in [0.29, 0.717) is 13.0 Å². The van der Waals surface area contributed by atoms with E-state index >= 15 is 0 Å². The summed E-state index contributed by atoms with van der Waals surface area (Å²) in [7, 11) is -0.391. The summed E-state index contributed by atoms with van der Waals surface area (Å²) in [5, 5.41) is -0.106. The topological polar surface area (TPSA) is 44.8 Å². The SMILES string of the molecule is CB1O[C@H]2C3=CCCC=C3[C@@H](OCc3ccccc3)[C@H](Sc3ccccc3)C3=C(C)C(=O)C[C@]2(O1)C3(C)C. The van der Waals surface area contributed by atoms with Crippen LogP contribution in [0.5, 0.6) is 0 Å². The first-order chi connectivity index (χ1) is 18.3. The van der Waals surface area contributed by atoms with Gasteiger partial charge in [0, 0.05) is 16.7 Å². The van der Waals surface area contributed by atoms with Gasteiger partial charge in [0.1, 0.15) is 0 Å². The fourth-order valence-electron chi connectivity index (χ4n) is 6.90. The summed E-state index contributed by atoms with van der Waals surface area (Å²) in [4.78, 5) is 14.9. The molecule has 2 aromatic rings. The van der Waals surface area contributed by atoms with Gasteiger partial charge in [-0.15, -0.1) is 11.8 Å². The highest BCUT2D eigenvalue weighted by atomic mass is 32.2. The number of carbonyl (C=O) groups excluding carboxylic acids is 1. The summed E-state index contributed by atoms with van der Waals surface area (Å²) in [5.74, 6) is 0.145. The molecule has 0 aromatic heterocycles. The van der Waals surface area contributed by atoms with E-state index in [2.05, 4.69) is 62.4 Å². The van der Waals surface area contributed by atoms with Crippen molar-refractivity contribution in [3.63, 3.8) is 0 Å². The zero-order chi connectivity index (χ0) is 26.5. The van der Waals surface area contributed by atoms with Crippen LogP contribution in [0.15, 0.2) is 100 Å². The molecule has 0 unspecified atom stereocenters. The predicted octanol–water partition coefficient (Wildman–Crippen LogP) is 6.98. The van der Waals surface area contributed by atoms with Gasteiger partial charge in [-0.2, -0.15) is 0 Å². The predicted molar refractivity (Wildman–Crippen MR) is 153 cm³/mol. The van der Waals surface area contributed by atoms with Crippen LogP contribution in [0.2, 0.25) is 6.82 Å². The van der Waals surface area contributed by atoms with Gasteiger partial charge in [-0.05, 0) is 66.6 Å². The minimum atomic E-state index is -0.763. The summed E-state index contributed by atoms with van der Waals surface area (Å²) < 4.78 is 20.2. The number of hydrogen-bond donors (Lipinski definition) is 0. The quantitative estimate of drug-likeness (QED) is 0.394. The number of fused-ring (bicyclic) bond motifs is 3. The standard InChI is InChI=1S/C32H35BO4S/c1-21-26(34)19-32-30(36-33(4)37-32)25-18-12-11-17-24(25)28(35-20-22-13-7-5-8-14-22)29(27(21)31(32,2)3)38-23-15-9-6-10-16-23/h5-10,13-18,28-30H,11-12,19-20H2,1-4H3/t28-,29-,30+,32-/m1/s1. The fraction of sp³-hybridized carbons (Fsp3) is 0.406. The smallest absolute Gasteiger partial charge is 0.401 e. The molecule has 3 aliphatic carbocycles. The molecule has 6 heteroatoms. The third-order valence-corrected chi connectivity index (χ3v) is 10.0. The molecule has 0 radical (unpaired) electrons. The van der Waals surface area contributed by atoms with Crippen LogP contribution in [0.4, 0.5) is 0 Å². The van der Waals surface area contributed by atoms with Gasteiger partial charge in [0.05, 0.1) is 29.7 Å². The van der Waals surface area contributed by atoms with E-state index in [1.54, 1.807) is 11.8 Å². The van der Waals surface area contributed by atoms with Crippen LogP contribution in [-0.2, 0) is 25.4 Å². The largest absolute Gasteiger partial charge is 0.454 e. The molecule has 38 heavy (non-hydrogen) atoms. The molecule has 1 saturated heterocycles. The zero-order valence-corrected chi connectivity index (χ0v) is 23.4. The molecule has 6 rings (SSSR count). The molecule has 1 spiro atoms. The van der Waals surface area contributed by atoms with Crippen LogP contribution >= 0.6 is 11.8 Å². The van der Waals surface area contributed by atoms with Gasteiger partial charge in [-0.25, -0.2) is 0 Å². The maximum absolute atomic E-state index is 13.8. The molecule has 2 aromatic carbocycles. The monoisotopic (exact) mass is 526 g/mol. The summed E-state index contributed by atoms with van der Waals surface area (Å²) >= 11 is 1.79. The van der Waals surface area contributed by atoms with E-state index in [9.17, 15) is 4.79 Å². The third-order valence-electron chi connectivity index (χ3n) is 8.76. The van der Waals surface area contributed by atoms with E-state index in [1.807, 2.05) is 38.0 Å². The Bertz CT molecular complexity index is 1320. The van der Waals surface area contributed by atoms with Gasteiger partial charge < -0.3 is 14.0 Å². The second-order valence-corrected chi connectivity index (χ2v) is 12.5. The Labute approximate surface area is 230 Å². The van der Waals surface area contributed by atoms with E-state index in [1.165, 1.54) is 5.57 Å². The maximum atomic E-state index is 13.8. The molecule has 1 aliphatic heterocycles. The lowest BCUT2D eigenvalue weighted by atomic mass is 9.55. The fourth-order valence-corrected chi connectivity index (χ4v) is 8.45. The second kappa shape index (κ2) is 9.98. The van der Waals surface area contributed by atoms with Gasteiger partial charge in [0.2, 0.25) is 0 Å². The van der Waals surface area contributed by atoms with E-state index in [4.69, 9.17) is 14.0 Å². The number of thioether (sulfide) groups is 1. The summed E-state index contributed by atoms with van der Waals surface area (Å²) in [5.41, 5.74) is 4.20. The molecule has 0 N–H and O–H groups in total. The van der Waals surface area contributed by atoms with E-state index in [0.717, 1.165) is 40.0 Å². The number of allylic oxidation sites excluding steroid dienone is 3. The Morgan fingerprint density at radius 3 is 2.37 bits per heavy atom. The van der Waals surface area contributed by atoms with Gasteiger partial charge in [0.15, 0.2) is 5.78 Å². The van der Waals surface area contributed by atoms with Crippen molar-refractivity contribution in [3.05, 3.63) is 101 Å². The van der Waals surface area contributed by atoms with Crippen molar-refractivity contribution < 1.29 is 18.8 Å². The molecular formula is C32H35BO4S. The number of benzene rings is 2. The van der Waals surface area contributed by atoms with E-state index < -0.39 is 18.1 Å². The molecule has 4 atom stereocenters. The summed E-state index contributed by atoms with van der Waals surface area (Å²) in [6, 6.07) is 20.8. The lowest BCUT2D eigenvalue weighted by Gasteiger charge is -2.56. The second-order valence-electron chi connectivity index (χ2n) is 11.3. The number of ether oxygens (including phenoxy) is 1. The summed E-state index contributed by atoms with van der Waals surface area (Å²) in [6.45, 7) is 8.94. The average Bonchev–Trinajstić information content (AvgIpc) is 3.25. The zero-order valence-electron chi connectivity index (χ0n) is 22.6. The van der Waals surface area contributed by atoms with Crippen molar-refractivity contribution in [2.45, 2.75) is 81.4 Å². The molecule has 2 bridgehead atoms. The van der Waals surface area contributed by atoms with Gasteiger partial charge >= 0.3 is 7.12 Å². The molecule has 1 saturated carbocycles. The van der Waals surface area contributed by atoms with Crippen LogP contribution in [-0.4, -0.2) is 36.0 Å². The highest BCUT2D eigenvalue weighted by Gasteiger charge is 2.66. The number of carbonyl (C=O) groups is 1. The van der Waals surface area contributed by atoms with Crippen molar-refractivity contribution in [1.82, 2.24) is 0 Å². The first-order valence-corrected chi connectivity index (χ1v) is 14.6. The van der Waals surface area contributed by atoms with Crippen molar-refractivity contribution in [2.24, 2.45) is 5.41 Å². The number of rotatable bonds is 5. The van der Waals surface area contributed by atoms with Crippen LogP contribution in [0.3, 0.4) is 0 Å². The molecule has 0 amide bonds. The third kappa shape index (κ3) is 4.17. The Hall–Kier alpha value is -2.38. The van der Waals surface area contributed by atoms with Crippen LogP contribution < -0.4 is 0 Å². The average molecular weight is 527 g/mol. The first kappa shape index (κ1) is 25.9. The number of hydrogen-bond acceptors (Lipinski definition) is 5. The Morgan fingerprint density at radius 2 is 1.66 bits per heavy atom. The lowest BCUT2D eigenvalue weighted by molar-refractivity contribution is -0.128. The van der Waals surface area contributed by atoms with Crippen LogP contribution in [0.25, 0.3) is 0 Å². The highest BCUT2D eigenvalue weighted by molar-refractivity contribution is 8.00. The molecule has 2 fully saturated rings. The lowest BCUT2D eigenvalue weighted by Crippen LogP contribution is -2.61. The summed E-state index contributed by atoms with van der Waals surface area (Å²) in [6.07, 6.45) is 6.31. The van der Waals surface area contributed by atoms with Crippen LogP contribution in [0.1, 0.15) is 45.6 Å². The first-order valence-electron chi connectivity index (χ1n) is 13.7. The van der Waals surface area contributed by atoms with Crippen molar-refractivity contribution in [2.75, 3.05) is 0 Å². The minimum Gasteiger partial charge on any atom is -0.401 e. The highest BCUT2D eigenvalue weighted by Crippen LogP contribution is 2.61. The Balaban J connectivity index is 1.56. The van der Waals surface area contributed by atoms with Gasteiger partial charge in [0.25, 0.3) is 0 Å². The molecule has 4 nitrogen and oxygen atoms in total.